The predicted molar refractivity (Wildman–Crippen MR) is 63.8 cm³/mol. The summed E-state index contributed by atoms with van der Waals surface area (Å²) in [5, 5.41) is 0. The number of fused-ring (bicyclic) bond motifs is 1. The van der Waals surface area contributed by atoms with E-state index >= 15 is 0 Å². The molecule has 0 fully saturated rings. The van der Waals surface area contributed by atoms with Crippen LogP contribution in [0.2, 0.25) is 0 Å². The summed E-state index contributed by atoms with van der Waals surface area (Å²) in [6.07, 6.45) is 0. The molecule has 1 aliphatic heterocycles. The van der Waals surface area contributed by atoms with Gasteiger partial charge in [0.05, 0.1) is 17.8 Å². The monoisotopic (exact) mass is 219 g/mol. The summed E-state index contributed by atoms with van der Waals surface area (Å²) < 4.78 is 5.17. The van der Waals surface area contributed by atoms with Gasteiger partial charge in [-0.05, 0) is 32.9 Å². The number of nitrogens with zero attached hydrogens (tertiary/aromatic N) is 1. The lowest BCUT2D eigenvalue weighted by Gasteiger charge is -2.37. The van der Waals surface area contributed by atoms with Crippen LogP contribution in [0.15, 0.2) is 24.3 Å². The van der Waals surface area contributed by atoms with Crippen LogP contribution in [0.1, 0.15) is 31.1 Å². The van der Waals surface area contributed by atoms with E-state index in [1.54, 1.807) is 0 Å². The molecule has 1 aromatic carbocycles. The number of anilines is 1. The van der Waals surface area contributed by atoms with Crippen molar-refractivity contribution >= 4 is 11.7 Å². The Balaban J connectivity index is 2.51. The summed E-state index contributed by atoms with van der Waals surface area (Å²) in [6, 6.07) is 7.62. The van der Waals surface area contributed by atoms with E-state index in [1.165, 1.54) is 0 Å². The molecule has 0 radical (unpaired) electrons. The number of benzene rings is 1. The molecule has 0 saturated carbocycles. The van der Waals surface area contributed by atoms with Gasteiger partial charge in [0.1, 0.15) is 6.61 Å². The van der Waals surface area contributed by atoms with Gasteiger partial charge >= 0.3 is 5.97 Å². The fourth-order valence-electron chi connectivity index (χ4n) is 2.01. The number of ether oxygens (including phenoxy) is 1. The van der Waals surface area contributed by atoms with Crippen molar-refractivity contribution in [2.24, 2.45) is 0 Å². The van der Waals surface area contributed by atoms with Crippen LogP contribution in [0, 0.1) is 0 Å². The molecule has 0 N–H and O–H groups in total. The van der Waals surface area contributed by atoms with Crippen molar-refractivity contribution in [2.45, 2.75) is 26.3 Å². The topological polar surface area (TPSA) is 29.5 Å². The Hall–Kier alpha value is -1.51. The van der Waals surface area contributed by atoms with Crippen LogP contribution in [0.5, 0.6) is 0 Å². The molecule has 0 aliphatic carbocycles. The first-order chi connectivity index (χ1) is 7.50. The van der Waals surface area contributed by atoms with Gasteiger partial charge in [-0.25, -0.2) is 4.79 Å². The molecule has 0 unspecified atom stereocenters. The summed E-state index contributed by atoms with van der Waals surface area (Å²) >= 11 is 0. The average molecular weight is 219 g/mol. The van der Waals surface area contributed by atoms with Crippen LogP contribution >= 0.6 is 0 Å². The number of hydrogen-bond acceptors (Lipinski definition) is 3. The van der Waals surface area contributed by atoms with Gasteiger partial charge in [-0.15, -0.1) is 0 Å². The van der Waals surface area contributed by atoms with E-state index in [4.69, 9.17) is 4.74 Å². The quantitative estimate of drug-likeness (QED) is 0.628. The summed E-state index contributed by atoms with van der Waals surface area (Å²) in [6.45, 7) is 7.61. The van der Waals surface area contributed by atoms with Crippen molar-refractivity contribution in [3.63, 3.8) is 0 Å². The molecular weight excluding hydrogens is 202 g/mol. The van der Waals surface area contributed by atoms with E-state index in [-0.39, 0.29) is 11.5 Å². The van der Waals surface area contributed by atoms with Crippen molar-refractivity contribution in [3.8, 4) is 0 Å². The van der Waals surface area contributed by atoms with E-state index in [1.807, 2.05) is 24.3 Å². The lowest BCUT2D eigenvalue weighted by molar-refractivity contribution is 0.0524. The van der Waals surface area contributed by atoms with Gasteiger partial charge in [-0.1, -0.05) is 12.1 Å². The first-order valence-corrected chi connectivity index (χ1v) is 5.54. The average Bonchev–Trinajstić information content (AvgIpc) is 2.38. The van der Waals surface area contributed by atoms with Crippen molar-refractivity contribution < 1.29 is 9.53 Å². The number of hydrogen-bond donors (Lipinski definition) is 0. The van der Waals surface area contributed by atoms with E-state index in [2.05, 4.69) is 25.7 Å². The van der Waals surface area contributed by atoms with Crippen molar-refractivity contribution in [2.75, 3.05) is 18.1 Å². The molecule has 2 rings (SSSR count). The first-order valence-electron chi connectivity index (χ1n) is 5.54. The van der Waals surface area contributed by atoms with Crippen molar-refractivity contribution in [3.05, 3.63) is 29.8 Å². The largest absolute Gasteiger partial charge is 0.460 e. The number of rotatable bonds is 0. The van der Waals surface area contributed by atoms with E-state index in [0.717, 1.165) is 12.2 Å². The normalized spacial score (nSPS) is 16.4. The van der Waals surface area contributed by atoms with Gasteiger partial charge in [0, 0.05) is 5.54 Å². The Labute approximate surface area is 96.0 Å². The number of esters is 1. The molecule has 1 heterocycles. The second-order valence-corrected chi connectivity index (χ2v) is 4.98. The van der Waals surface area contributed by atoms with Gasteiger partial charge in [0.25, 0.3) is 0 Å². The third-order valence-electron chi connectivity index (χ3n) is 2.77. The van der Waals surface area contributed by atoms with Gasteiger partial charge in [0.2, 0.25) is 0 Å². The summed E-state index contributed by atoms with van der Waals surface area (Å²) in [5.74, 6) is -0.220. The van der Waals surface area contributed by atoms with E-state index in [9.17, 15) is 4.79 Å². The zero-order valence-electron chi connectivity index (χ0n) is 9.99. The van der Waals surface area contributed by atoms with Crippen LogP contribution in [0.4, 0.5) is 5.69 Å². The fourth-order valence-corrected chi connectivity index (χ4v) is 2.01. The minimum absolute atomic E-state index is 0.00984. The molecule has 0 bridgehead atoms. The molecule has 0 spiro atoms. The van der Waals surface area contributed by atoms with Crippen LogP contribution in [-0.2, 0) is 4.74 Å². The zero-order valence-corrected chi connectivity index (χ0v) is 9.99. The first kappa shape index (κ1) is 11.0. The van der Waals surface area contributed by atoms with Gasteiger partial charge in [-0.3, -0.25) is 0 Å². The van der Waals surface area contributed by atoms with Crippen molar-refractivity contribution in [1.29, 1.82) is 0 Å². The Kier molecular flexibility index (Phi) is 2.62. The van der Waals surface area contributed by atoms with Gasteiger partial charge in [-0.2, -0.15) is 0 Å². The van der Waals surface area contributed by atoms with Crippen LogP contribution in [0.25, 0.3) is 0 Å². The van der Waals surface area contributed by atoms with Gasteiger partial charge in [0.15, 0.2) is 0 Å². The number of cyclic esters (lactones) is 1. The number of carbonyl (C=O) groups excluding carboxylic acids is 1. The SMILES string of the molecule is CC(C)(C)N1CCOC(=O)c2ccccc21. The summed E-state index contributed by atoms with van der Waals surface area (Å²) in [5.41, 5.74) is 1.62. The fraction of sp³-hybridized carbons (Fsp3) is 0.462. The molecule has 3 heteroatoms. The molecule has 1 aromatic rings. The Bertz CT molecular complexity index is 407. The molecule has 3 nitrogen and oxygen atoms in total. The lowest BCUT2D eigenvalue weighted by Crippen LogP contribution is -2.43. The highest BCUT2D eigenvalue weighted by atomic mass is 16.5. The molecule has 16 heavy (non-hydrogen) atoms. The standard InChI is InChI=1S/C13H17NO2/c1-13(2,3)14-8-9-16-12(15)10-6-4-5-7-11(10)14/h4-7H,8-9H2,1-3H3. The Morgan fingerprint density at radius 2 is 1.94 bits per heavy atom. The third kappa shape index (κ3) is 1.90. The lowest BCUT2D eigenvalue weighted by atomic mass is 10.0. The van der Waals surface area contributed by atoms with E-state index < -0.39 is 0 Å². The van der Waals surface area contributed by atoms with Crippen LogP contribution in [-0.4, -0.2) is 24.7 Å². The maximum Gasteiger partial charge on any atom is 0.340 e. The minimum Gasteiger partial charge on any atom is -0.460 e. The molecule has 0 amide bonds. The highest BCUT2D eigenvalue weighted by Crippen LogP contribution is 2.29. The molecular formula is C13H17NO2. The predicted octanol–water partition coefficient (Wildman–Crippen LogP) is 2.46. The second-order valence-electron chi connectivity index (χ2n) is 4.98. The maximum atomic E-state index is 11.7. The molecule has 0 saturated heterocycles. The number of carbonyl (C=O) groups is 1. The summed E-state index contributed by atoms with van der Waals surface area (Å²) in [4.78, 5) is 13.9. The molecule has 86 valence electrons. The smallest absolute Gasteiger partial charge is 0.340 e. The Morgan fingerprint density at radius 3 is 2.62 bits per heavy atom. The Morgan fingerprint density at radius 1 is 1.25 bits per heavy atom. The highest BCUT2D eigenvalue weighted by Gasteiger charge is 2.28. The minimum atomic E-state index is -0.220. The van der Waals surface area contributed by atoms with Crippen molar-refractivity contribution in [1.82, 2.24) is 0 Å². The number of para-hydroxylation sites is 1. The van der Waals surface area contributed by atoms with Crippen LogP contribution in [0.3, 0.4) is 0 Å². The highest BCUT2D eigenvalue weighted by molar-refractivity contribution is 5.96. The van der Waals surface area contributed by atoms with E-state index in [0.29, 0.717) is 12.2 Å². The maximum absolute atomic E-state index is 11.7. The van der Waals surface area contributed by atoms with Gasteiger partial charge < -0.3 is 9.64 Å². The van der Waals surface area contributed by atoms with Crippen LogP contribution < -0.4 is 4.90 Å². The summed E-state index contributed by atoms with van der Waals surface area (Å²) in [7, 11) is 0. The zero-order chi connectivity index (χ0) is 11.8. The second kappa shape index (κ2) is 3.81. The molecule has 1 aliphatic rings. The molecule has 0 aromatic heterocycles. The third-order valence-corrected chi connectivity index (χ3v) is 2.77. The molecule has 0 atom stereocenters.